The van der Waals surface area contributed by atoms with Crippen molar-refractivity contribution in [1.82, 2.24) is 4.90 Å². The van der Waals surface area contributed by atoms with Gasteiger partial charge in [-0.15, -0.1) is 0 Å². The molecule has 21 heavy (non-hydrogen) atoms. The molecule has 1 aliphatic heterocycles. The van der Waals surface area contributed by atoms with Crippen molar-refractivity contribution in [2.75, 3.05) is 6.54 Å². The van der Waals surface area contributed by atoms with Crippen molar-refractivity contribution in [2.45, 2.75) is 57.1 Å². The lowest BCUT2D eigenvalue weighted by molar-refractivity contribution is -0.163. The van der Waals surface area contributed by atoms with Crippen LogP contribution in [-0.4, -0.2) is 45.7 Å². The van der Waals surface area contributed by atoms with Gasteiger partial charge in [-0.25, -0.2) is 4.79 Å². The molecule has 5 nitrogen and oxygen atoms in total. The van der Waals surface area contributed by atoms with Crippen LogP contribution in [0.3, 0.4) is 0 Å². The zero-order valence-electron chi connectivity index (χ0n) is 12.2. The number of aliphatic hydroxyl groups is 1. The molecule has 0 aromatic carbocycles. The number of β-amino-alcohol motifs (C(OH)–C–C–N with tert-alkyl or cyclic N) is 1. The third kappa shape index (κ3) is 2.00. The highest BCUT2D eigenvalue weighted by Crippen LogP contribution is 2.60. The lowest BCUT2D eigenvalue weighted by Gasteiger charge is -2.56. The molecule has 0 radical (unpaired) electrons. The van der Waals surface area contributed by atoms with E-state index < -0.39 is 18.1 Å². The summed E-state index contributed by atoms with van der Waals surface area (Å²) in [6, 6.07) is -0.833. The molecule has 5 rings (SSSR count). The van der Waals surface area contributed by atoms with E-state index in [4.69, 9.17) is 0 Å². The van der Waals surface area contributed by atoms with Gasteiger partial charge in [0.05, 0.1) is 11.5 Å². The Morgan fingerprint density at radius 2 is 1.48 bits per heavy atom. The summed E-state index contributed by atoms with van der Waals surface area (Å²) in [4.78, 5) is 26.0. The monoisotopic (exact) mass is 293 g/mol. The highest BCUT2D eigenvalue weighted by molar-refractivity contribution is 5.88. The molecule has 0 spiro atoms. The number of hydrogen-bond acceptors (Lipinski definition) is 3. The second-order valence-corrected chi connectivity index (χ2v) is 7.90. The highest BCUT2D eigenvalue weighted by atomic mass is 16.4. The Labute approximate surface area is 124 Å². The van der Waals surface area contributed by atoms with Crippen LogP contribution in [0.4, 0.5) is 0 Å². The number of aliphatic carboxylic acids is 1. The van der Waals surface area contributed by atoms with Gasteiger partial charge in [-0.05, 0) is 56.3 Å². The van der Waals surface area contributed by atoms with Crippen LogP contribution in [0.25, 0.3) is 0 Å². The van der Waals surface area contributed by atoms with Gasteiger partial charge in [0.15, 0.2) is 0 Å². The van der Waals surface area contributed by atoms with Gasteiger partial charge in [0.25, 0.3) is 0 Å². The summed E-state index contributed by atoms with van der Waals surface area (Å²) in [5.41, 5.74) is -0.313. The molecule has 0 aromatic heterocycles. The SMILES string of the molecule is O=C(O)[C@@H]1CC(O)CN1C(=O)C12CC3CC(CC(C3)C1)C2. The molecule has 5 fully saturated rings. The fraction of sp³-hybridized carbons (Fsp3) is 0.875. The third-order valence-corrected chi connectivity index (χ3v) is 6.32. The molecule has 5 heteroatoms. The normalized spacial score (nSPS) is 47.9. The number of carbonyl (C=O) groups is 2. The van der Waals surface area contributed by atoms with Crippen LogP contribution in [-0.2, 0) is 9.59 Å². The first-order valence-corrected chi connectivity index (χ1v) is 8.19. The molecule has 1 saturated heterocycles. The fourth-order valence-electron chi connectivity index (χ4n) is 5.95. The first-order chi connectivity index (χ1) is 9.97. The molecule has 1 heterocycles. The minimum atomic E-state index is -0.982. The van der Waals surface area contributed by atoms with E-state index in [1.165, 1.54) is 24.2 Å². The van der Waals surface area contributed by atoms with Crippen LogP contribution in [0, 0.1) is 23.2 Å². The summed E-state index contributed by atoms with van der Waals surface area (Å²) < 4.78 is 0. The van der Waals surface area contributed by atoms with Gasteiger partial charge in [0.1, 0.15) is 6.04 Å². The van der Waals surface area contributed by atoms with E-state index in [0.717, 1.165) is 19.3 Å². The first-order valence-electron chi connectivity index (χ1n) is 8.19. The number of carbonyl (C=O) groups excluding carboxylic acids is 1. The van der Waals surface area contributed by atoms with E-state index in [9.17, 15) is 19.8 Å². The first kappa shape index (κ1) is 13.6. The van der Waals surface area contributed by atoms with Crippen LogP contribution in [0.1, 0.15) is 44.9 Å². The summed E-state index contributed by atoms with van der Waals surface area (Å²) in [5, 5.41) is 19.1. The van der Waals surface area contributed by atoms with Crippen molar-refractivity contribution >= 4 is 11.9 Å². The van der Waals surface area contributed by atoms with Crippen LogP contribution in [0.5, 0.6) is 0 Å². The number of nitrogens with zero attached hydrogens (tertiary/aromatic N) is 1. The summed E-state index contributed by atoms with van der Waals surface area (Å²) in [6.45, 7) is 0.192. The average Bonchev–Trinajstić information content (AvgIpc) is 2.78. The molecular weight excluding hydrogens is 270 g/mol. The number of carboxylic acids is 1. The van der Waals surface area contributed by atoms with Crippen LogP contribution in [0.15, 0.2) is 0 Å². The summed E-state index contributed by atoms with van der Waals surface area (Å²) in [7, 11) is 0. The molecule has 2 atom stereocenters. The standard InChI is InChI=1S/C16H23NO4/c18-12-4-13(14(19)20)17(8-12)15(21)16-5-9-1-10(6-16)3-11(2-9)7-16/h9-13,18H,1-8H2,(H,19,20)/t9?,10?,11?,12?,13-,16?/m0/s1. The van der Waals surface area contributed by atoms with Gasteiger partial charge < -0.3 is 15.1 Å². The van der Waals surface area contributed by atoms with Gasteiger partial charge in [-0.1, -0.05) is 0 Å². The van der Waals surface area contributed by atoms with Crippen LogP contribution in [0.2, 0.25) is 0 Å². The Balaban J connectivity index is 1.61. The summed E-state index contributed by atoms with van der Waals surface area (Å²) in [5.74, 6) is 1.03. The smallest absolute Gasteiger partial charge is 0.326 e. The lowest BCUT2D eigenvalue weighted by atomic mass is 9.49. The Morgan fingerprint density at radius 3 is 1.95 bits per heavy atom. The Kier molecular flexibility index (Phi) is 2.87. The fourth-order valence-corrected chi connectivity index (χ4v) is 5.95. The Morgan fingerprint density at radius 1 is 0.952 bits per heavy atom. The Hall–Kier alpha value is -1.10. The maximum atomic E-state index is 13.1. The number of amides is 1. The number of hydrogen-bond donors (Lipinski definition) is 2. The number of carboxylic acid groups (broad SMARTS) is 1. The van der Waals surface area contributed by atoms with Crippen molar-refractivity contribution in [3.8, 4) is 0 Å². The molecular formula is C16H23NO4. The second-order valence-electron chi connectivity index (χ2n) is 7.90. The molecule has 0 aromatic rings. The van der Waals surface area contributed by atoms with Gasteiger partial charge in [-0.2, -0.15) is 0 Å². The molecule has 1 unspecified atom stereocenters. The van der Waals surface area contributed by atoms with Gasteiger partial charge in [-0.3, -0.25) is 4.79 Å². The van der Waals surface area contributed by atoms with Crippen LogP contribution < -0.4 is 0 Å². The molecule has 4 aliphatic carbocycles. The van der Waals surface area contributed by atoms with Crippen molar-refractivity contribution in [2.24, 2.45) is 23.2 Å². The van der Waals surface area contributed by atoms with Crippen LogP contribution >= 0.6 is 0 Å². The average molecular weight is 293 g/mol. The summed E-state index contributed by atoms with van der Waals surface area (Å²) in [6.07, 6.45) is 6.09. The predicted octanol–water partition coefficient (Wildman–Crippen LogP) is 1.25. The number of aliphatic hydroxyl groups excluding tert-OH is 1. The molecule has 4 bridgehead atoms. The van der Waals surface area contributed by atoms with Crippen molar-refractivity contribution < 1.29 is 19.8 Å². The summed E-state index contributed by atoms with van der Waals surface area (Å²) >= 11 is 0. The molecule has 4 saturated carbocycles. The lowest BCUT2D eigenvalue weighted by Crippen LogP contribution is -2.56. The Bertz CT molecular complexity index is 453. The van der Waals surface area contributed by atoms with E-state index in [1.807, 2.05) is 0 Å². The quantitative estimate of drug-likeness (QED) is 0.803. The zero-order chi connectivity index (χ0) is 14.8. The molecule has 2 N–H and O–H groups in total. The largest absolute Gasteiger partial charge is 0.480 e. The topological polar surface area (TPSA) is 77.8 Å². The van der Waals surface area contributed by atoms with E-state index >= 15 is 0 Å². The van der Waals surface area contributed by atoms with Gasteiger partial charge >= 0.3 is 5.97 Å². The third-order valence-electron chi connectivity index (χ3n) is 6.32. The second kappa shape index (κ2) is 4.45. The minimum Gasteiger partial charge on any atom is -0.480 e. The molecule has 116 valence electrons. The van der Waals surface area contributed by atoms with E-state index in [2.05, 4.69) is 0 Å². The molecule has 1 amide bonds. The maximum absolute atomic E-state index is 13.1. The van der Waals surface area contributed by atoms with Gasteiger partial charge in [0, 0.05) is 13.0 Å². The van der Waals surface area contributed by atoms with Crippen molar-refractivity contribution in [3.63, 3.8) is 0 Å². The minimum absolute atomic E-state index is 0.0190. The molecule has 5 aliphatic rings. The highest BCUT2D eigenvalue weighted by Gasteiger charge is 2.57. The number of rotatable bonds is 2. The van der Waals surface area contributed by atoms with Gasteiger partial charge in [0.2, 0.25) is 5.91 Å². The van der Waals surface area contributed by atoms with E-state index in [0.29, 0.717) is 17.8 Å². The number of likely N-dealkylation sites (tertiary alicyclic amines) is 1. The zero-order valence-corrected chi connectivity index (χ0v) is 12.2. The van der Waals surface area contributed by atoms with E-state index in [1.54, 1.807) is 0 Å². The van der Waals surface area contributed by atoms with Crippen molar-refractivity contribution in [3.05, 3.63) is 0 Å². The van der Waals surface area contributed by atoms with E-state index in [-0.39, 0.29) is 24.3 Å². The van der Waals surface area contributed by atoms with Crippen molar-refractivity contribution in [1.29, 1.82) is 0 Å². The predicted molar refractivity (Wildman–Crippen MR) is 74.4 cm³/mol. The maximum Gasteiger partial charge on any atom is 0.326 e.